The lowest BCUT2D eigenvalue weighted by Gasteiger charge is -2.34. The van der Waals surface area contributed by atoms with Crippen LogP contribution in [0.1, 0.15) is 43.7 Å². The first kappa shape index (κ1) is 13.9. The Morgan fingerprint density at radius 3 is 2.68 bits per heavy atom. The first-order valence-electron chi connectivity index (χ1n) is 8.46. The summed E-state index contributed by atoms with van der Waals surface area (Å²) in [6, 6.07) is 14.4. The van der Waals surface area contributed by atoms with Gasteiger partial charge in [0.1, 0.15) is 0 Å². The lowest BCUT2D eigenvalue weighted by molar-refractivity contribution is 0.150. The molecule has 0 amide bonds. The number of furan rings is 1. The van der Waals surface area contributed by atoms with Gasteiger partial charge in [0.05, 0.1) is 6.26 Å². The fraction of sp³-hybridized carbons (Fsp3) is 0.474. The number of rotatable bonds is 3. The number of benzene rings is 1. The van der Waals surface area contributed by atoms with E-state index in [0.717, 1.165) is 11.9 Å². The van der Waals surface area contributed by atoms with Crippen LogP contribution in [0.25, 0.3) is 0 Å². The highest BCUT2D eigenvalue weighted by molar-refractivity contribution is 5.58. The zero-order valence-electron chi connectivity index (χ0n) is 13.2. The second-order valence-electron chi connectivity index (χ2n) is 6.58. The van der Waals surface area contributed by atoms with Crippen molar-refractivity contribution in [1.29, 1.82) is 0 Å². The zero-order valence-corrected chi connectivity index (χ0v) is 13.2. The first-order valence-corrected chi connectivity index (χ1v) is 8.46. The highest BCUT2D eigenvalue weighted by Gasteiger charge is 2.35. The third-order valence-electron chi connectivity index (χ3n) is 5.35. The van der Waals surface area contributed by atoms with E-state index in [9.17, 15) is 0 Å². The molecule has 3 heterocycles. The molecule has 0 radical (unpaired) electrons. The molecule has 0 spiro atoms. The first-order chi connectivity index (χ1) is 10.8. The minimum Gasteiger partial charge on any atom is -0.448 e. The molecule has 0 bridgehead atoms. The van der Waals surface area contributed by atoms with Gasteiger partial charge in [0.2, 0.25) is 0 Å². The molecule has 2 aromatic rings. The van der Waals surface area contributed by atoms with E-state index in [1.807, 2.05) is 19.2 Å². The number of anilines is 2. The van der Waals surface area contributed by atoms with Gasteiger partial charge in [-0.05, 0) is 56.0 Å². The maximum atomic E-state index is 5.47. The molecule has 3 heteroatoms. The van der Waals surface area contributed by atoms with Crippen molar-refractivity contribution in [2.24, 2.45) is 0 Å². The van der Waals surface area contributed by atoms with Crippen LogP contribution in [-0.2, 0) is 0 Å². The molecule has 2 atom stereocenters. The SMILES string of the molecule is CN(c1ccc(C2CCC3CCCCN32)cc1)c1ccco1. The van der Waals surface area contributed by atoms with Crippen LogP contribution in [0.15, 0.2) is 47.1 Å². The second-order valence-corrected chi connectivity index (χ2v) is 6.58. The van der Waals surface area contributed by atoms with Crippen molar-refractivity contribution in [2.75, 3.05) is 18.5 Å². The summed E-state index contributed by atoms with van der Waals surface area (Å²) in [4.78, 5) is 4.83. The summed E-state index contributed by atoms with van der Waals surface area (Å²) in [5, 5.41) is 0. The second kappa shape index (κ2) is 5.81. The summed E-state index contributed by atoms with van der Waals surface area (Å²) < 4.78 is 5.47. The van der Waals surface area contributed by atoms with Gasteiger partial charge in [0.25, 0.3) is 0 Å². The Balaban J connectivity index is 1.52. The van der Waals surface area contributed by atoms with E-state index in [-0.39, 0.29) is 0 Å². The predicted molar refractivity (Wildman–Crippen MR) is 89.5 cm³/mol. The lowest BCUT2D eigenvalue weighted by Crippen LogP contribution is -2.35. The molecule has 2 saturated heterocycles. The van der Waals surface area contributed by atoms with Crippen LogP contribution in [-0.4, -0.2) is 24.5 Å². The van der Waals surface area contributed by atoms with E-state index in [0.29, 0.717) is 6.04 Å². The Hall–Kier alpha value is -1.74. The van der Waals surface area contributed by atoms with Crippen LogP contribution >= 0.6 is 0 Å². The topological polar surface area (TPSA) is 19.6 Å². The molecule has 116 valence electrons. The van der Waals surface area contributed by atoms with E-state index in [2.05, 4.69) is 34.1 Å². The van der Waals surface area contributed by atoms with Crippen molar-refractivity contribution in [3.05, 3.63) is 48.2 Å². The van der Waals surface area contributed by atoms with Gasteiger partial charge in [-0.15, -0.1) is 0 Å². The van der Waals surface area contributed by atoms with Gasteiger partial charge in [-0.1, -0.05) is 18.6 Å². The van der Waals surface area contributed by atoms with Crippen LogP contribution in [0.4, 0.5) is 11.6 Å². The fourth-order valence-corrected chi connectivity index (χ4v) is 4.13. The summed E-state index contributed by atoms with van der Waals surface area (Å²) in [5.74, 6) is 0.879. The largest absolute Gasteiger partial charge is 0.448 e. The molecule has 22 heavy (non-hydrogen) atoms. The maximum Gasteiger partial charge on any atom is 0.199 e. The van der Waals surface area contributed by atoms with Crippen molar-refractivity contribution in [3.8, 4) is 0 Å². The van der Waals surface area contributed by atoms with Gasteiger partial charge < -0.3 is 9.32 Å². The summed E-state index contributed by atoms with van der Waals surface area (Å²) in [5.41, 5.74) is 2.65. The van der Waals surface area contributed by atoms with Gasteiger partial charge in [0.15, 0.2) is 5.88 Å². The van der Waals surface area contributed by atoms with Gasteiger partial charge in [0, 0.05) is 30.9 Å². The number of nitrogens with zero attached hydrogens (tertiary/aromatic N) is 2. The number of hydrogen-bond acceptors (Lipinski definition) is 3. The summed E-state index contributed by atoms with van der Waals surface area (Å²) in [7, 11) is 2.05. The Kier molecular flexibility index (Phi) is 3.67. The van der Waals surface area contributed by atoms with Crippen molar-refractivity contribution < 1.29 is 4.42 Å². The molecule has 0 N–H and O–H groups in total. The highest BCUT2D eigenvalue weighted by atomic mass is 16.3. The molecular formula is C19H24N2O. The molecule has 2 aliphatic heterocycles. The number of piperidine rings is 1. The van der Waals surface area contributed by atoms with Gasteiger partial charge >= 0.3 is 0 Å². The Morgan fingerprint density at radius 2 is 1.91 bits per heavy atom. The average molecular weight is 296 g/mol. The predicted octanol–water partition coefficient (Wildman–Crippen LogP) is 4.74. The third kappa shape index (κ3) is 2.44. The van der Waals surface area contributed by atoms with E-state index in [1.165, 1.54) is 49.9 Å². The van der Waals surface area contributed by atoms with Crippen molar-refractivity contribution >= 4 is 11.6 Å². The molecule has 4 rings (SSSR count). The quantitative estimate of drug-likeness (QED) is 0.816. The van der Waals surface area contributed by atoms with Crippen molar-refractivity contribution in [2.45, 2.75) is 44.2 Å². The molecule has 0 saturated carbocycles. The normalized spacial score (nSPS) is 25.1. The molecule has 2 fully saturated rings. The minimum absolute atomic E-state index is 0.633. The Morgan fingerprint density at radius 1 is 1.05 bits per heavy atom. The lowest BCUT2D eigenvalue weighted by atomic mass is 10.0. The van der Waals surface area contributed by atoms with Gasteiger partial charge in [-0.3, -0.25) is 4.90 Å². The Bertz CT molecular complexity index is 605. The molecular weight excluding hydrogens is 272 g/mol. The minimum atomic E-state index is 0.633. The van der Waals surface area contributed by atoms with E-state index >= 15 is 0 Å². The van der Waals surface area contributed by atoms with E-state index in [4.69, 9.17) is 4.42 Å². The number of fused-ring (bicyclic) bond motifs is 1. The maximum absolute atomic E-state index is 5.47. The van der Waals surface area contributed by atoms with Gasteiger partial charge in [-0.2, -0.15) is 0 Å². The molecule has 2 aliphatic rings. The standard InChI is InChI=1S/C19H24N2O/c1-20(19-6-4-14-22-19)16-9-7-15(8-10-16)18-12-11-17-5-2-3-13-21(17)18/h4,6-10,14,17-18H,2-3,5,11-13H2,1H3. The fourth-order valence-electron chi connectivity index (χ4n) is 4.13. The van der Waals surface area contributed by atoms with Crippen molar-refractivity contribution in [1.82, 2.24) is 4.90 Å². The smallest absolute Gasteiger partial charge is 0.199 e. The third-order valence-corrected chi connectivity index (χ3v) is 5.35. The van der Waals surface area contributed by atoms with Crippen LogP contribution < -0.4 is 4.90 Å². The molecule has 1 aromatic carbocycles. The zero-order chi connectivity index (χ0) is 14.9. The molecule has 1 aromatic heterocycles. The average Bonchev–Trinajstić information content (AvgIpc) is 3.24. The molecule has 3 nitrogen and oxygen atoms in total. The van der Waals surface area contributed by atoms with E-state index in [1.54, 1.807) is 6.26 Å². The summed E-state index contributed by atoms with van der Waals surface area (Å²) >= 11 is 0. The summed E-state index contributed by atoms with van der Waals surface area (Å²) in [6.45, 7) is 1.28. The van der Waals surface area contributed by atoms with Gasteiger partial charge in [-0.25, -0.2) is 0 Å². The molecule has 0 aliphatic carbocycles. The monoisotopic (exact) mass is 296 g/mol. The van der Waals surface area contributed by atoms with Crippen LogP contribution in [0, 0.1) is 0 Å². The van der Waals surface area contributed by atoms with E-state index < -0.39 is 0 Å². The van der Waals surface area contributed by atoms with Crippen LogP contribution in [0.3, 0.4) is 0 Å². The molecule has 2 unspecified atom stereocenters. The Labute approximate surface area is 132 Å². The van der Waals surface area contributed by atoms with Crippen molar-refractivity contribution in [3.63, 3.8) is 0 Å². The van der Waals surface area contributed by atoms with Crippen LogP contribution in [0.2, 0.25) is 0 Å². The van der Waals surface area contributed by atoms with Crippen LogP contribution in [0.5, 0.6) is 0 Å². The summed E-state index contributed by atoms with van der Waals surface area (Å²) in [6.07, 6.45) is 8.59. The highest BCUT2D eigenvalue weighted by Crippen LogP contribution is 2.40. The number of hydrogen-bond donors (Lipinski definition) is 0.